The number of alkyl halides is 3. The summed E-state index contributed by atoms with van der Waals surface area (Å²) in [6.07, 6.45) is -0.180. The van der Waals surface area contributed by atoms with Gasteiger partial charge in [0.2, 0.25) is 11.8 Å². The van der Waals surface area contributed by atoms with E-state index in [1.807, 2.05) is 23.1 Å². The third-order valence-corrected chi connectivity index (χ3v) is 6.19. The zero-order chi connectivity index (χ0) is 23.6. The van der Waals surface area contributed by atoms with Gasteiger partial charge in [0.1, 0.15) is 5.82 Å². The molecule has 1 unspecified atom stereocenters. The number of anilines is 2. The molecule has 6 nitrogen and oxygen atoms in total. The fourth-order valence-electron chi connectivity index (χ4n) is 4.45. The van der Waals surface area contributed by atoms with Gasteiger partial charge in [-0.25, -0.2) is 4.98 Å². The Hall–Kier alpha value is -3.36. The molecule has 9 heteroatoms. The van der Waals surface area contributed by atoms with Crippen LogP contribution in [0.1, 0.15) is 29.5 Å². The van der Waals surface area contributed by atoms with Gasteiger partial charge in [-0.2, -0.15) is 13.2 Å². The fraction of sp³-hybridized carbons (Fsp3) is 0.375. The first-order chi connectivity index (χ1) is 15.8. The summed E-state index contributed by atoms with van der Waals surface area (Å²) in [5.74, 6) is 0.00000564. The number of halogens is 3. The molecule has 2 aromatic rings. The Balaban J connectivity index is 1.45. The van der Waals surface area contributed by atoms with Crippen LogP contribution in [0.25, 0.3) is 0 Å². The van der Waals surface area contributed by atoms with Gasteiger partial charge in [0.25, 0.3) is 0 Å². The van der Waals surface area contributed by atoms with Crippen molar-refractivity contribution in [2.75, 3.05) is 25.0 Å². The Kier molecular flexibility index (Phi) is 6.40. The van der Waals surface area contributed by atoms with Crippen molar-refractivity contribution in [2.24, 2.45) is 5.92 Å². The summed E-state index contributed by atoms with van der Waals surface area (Å²) in [5, 5.41) is 3.11. The molecule has 2 amide bonds. The standard InChI is InChI=1S/C24H25F3N4O2/c1-2-22(32)30-11-4-6-17(15-30)23(33)31-12-10-19-16(14-31)5-3-7-20(19)29-21-9-8-18(13-28-21)24(25,26)27/h2-3,5,7-9,13,17H,1,4,6,10-12,14-15H2,(H,28,29). The molecule has 4 rings (SSSR count). The molecule has 0 spiro atoms. The van der Waals surface area contributed by atoms with E-state index in [1.165, 1.54) is 12.1 Å². The van der Waals surface area contributed by atoms with Gasteiger partial charge in [0.15, 0.2) is 0 Å². The summed E-state index contributed by atoms with van der Waals surface area (Å²) >= 11 is 0. The molecule has 1 N–H and O–H groups in total. The number of carbonyl (C=O) groups is 2. The molecule has 33 heavy (non-hydrogen) atoms. The largest absolute Gasteiger partial charge is 0.417 e. The van der Waals surface area contributed by atoms with Crippen LogP contribution in [-0.2, 0) is 28.7 Å². The van der Waals surface area contributed by atoms with Crippen LogP contribution in [0, 0.1) is 5.92 Å². The molecule has 1 aromatic heterocycles. The number of pyridine rings is 1. The molecule has 2 aliphatic rings. The van der Waals surface area contributed by atoms with Crippen LogP contribution < -0.4 is 5.32 Å². The Labute approximate surface area is 190 Å². The lowest BCUT2D eigenvalue weighted by atomic mass is 9.93. The molecule has 1 fully saturated rings. The van der Waals surface area contributed by atoms with Gasteiger partial charge in [0, 0.05) is 38.1 Å². The van der Waals surface area contributed by atoms with Crippen molar-refractivity contribution in [3.8, 4) is 0 Å². The second-order valence-electron chi connectivity index (χ2n) is 8.34. The van der Waals surface area contributed by atoms with Gasteiger partial charge in [-0.15, -0.1) is 0 Å². The van der Waals surface area contributed by atoms with Crippen molar-refractivity contribution in [3.63, 3.8) is 0 Å². The minimum Gasteiger partial charge on any atom is -0.340 e. The fourth-order valence-corrected chi connectivity index (χ4v) is 4.45. The summed E-state index contributed by atoms with van der Waals surface area (Å²) in [6, 6.07) is 7.96. The Morgan fingerprint density at radius 3 is 2.67 bits per heavy atom. The van der Waals surface area contributed by atoms with E-state index in [0.717, 1.165) is 41.9 Å². The van der Waals surface area contributed by atoms with Crippen LogP contribution >= 0.6 is 0 Å². The maximum atomic E-state index is 13.2. The van der Waals surface area contributed by atoms with Crippen molar-refractivity contribution in [2.45, 2.75) is 32.0 Å². The normalized spacial score (nSPS) is 18.5. The van der Waals surface area contributed by atoms with E-state index >= 15 is 0 Å². The molecule has 174 valence electrons. The van der Waals surface area contributed by atoms with E-state index in [9.17, 15) is 22.8 Å². The highest BCUT2D eigenvalue weighted by atomic mass is 19.4. The second-order valence-corrected chi connectivity index (χ2v) is 8.34. The van der Waals surface area contributed by atoms with Crippen LogP contribution in [0.15, 0.2) is 49.2 Å². The van der Waals surface area contributed by atoms with Gasteiger partial charge < -0.3 is 15.1 Å². The zero-order valence-corrected chi connectivity index (χ0v) is 18.1. The summed E-state index contributed by atoms with van der Waals surface area (Å²) in [5.41, 5.74) is 1.98. The summed E-state index contributed by atoms with van der Waals surface area (Å²) in [4.78, 5) is 32.5. The molecule has 0 radical (unpaired) electrons. The van der Waals surface area contributed by atoms with E-state index in [1.54, 1.807) is 4.90 Å². The number of benzene rings is 1. The highest BCUT2D eigenvalue weighted by Crippen LogP contribution is 2.32. The number of nitrogens with one attached hydrogen (secondary N) is 1. The van der Waals surface area contributed by atoms with Crippen LogP contribution in [0.2, 0.25) is 0 Å². The third-order valence-electron chi connectivity index (χ3n) is 6.19. The van der Waals surface area contributed by atoms with E-state index in [-0.39, 0.29) is 17.7 Å². The lowest BCUT2D eigenvalue weighted by Gasteiger charge is -2.36. The van der Waals surface area contributed by atoms with Gasteiger partial charge in [-0.3, -0.25) is 9.59 Å². The first-order valence-corrected chi connectivity index (χ1v) is 10.9. The van der Waals surface area contributed by atoms with E-state index in [0.29, 0.717) is 38.4 Å². The molecule has 3 heterocycles. The molecule has 0 saturated carbocycles. The van der Waals surface area contributed by atoms with E-state index < -0.39 is 11.7 Å². The molecule has 0 aliphatic carbocycles. The Morgan fingerprint density at radius 1 is 1.15 bits per heavy atom. The number of hydrogen-bond acceptors (Lipinski definition) is 4. The smallest absolute Gasteiger partial charge is 0.340 e. The van der Waals surface area contributed by atoms with Crippen molar-refractivity contribution >= 4 is 23.3 Å². The van der Waals surface area contributed by atoms with Crippen LogP contribution in [0.4, 0.5) is 24.7 Å². The maximum absolute atomic E-state index is 13.2. The molecule has 2 aliphatic heterocycles. The summed E-state index contributed by atoms with van der Waals surface area (Å²) < 4.78 is 38.3. The Bertz CT molecular complexity index is 1050. The first-order valence-electron chi connectivity index (χ1n) is 10.9. The predicted molar refractivity (Wildman–Crippen MR) is 118 cm³/mol. The third kappa shape index (κ3) is 5.02. The summed E-state index contributed by atoms with van der Waals surface area (Å²) in [6.45, 7) is 5.57. The lowest BCUT2D eigenvalue weighted by molar-refractivity contribution is -0.140. The van der Waals surface area contributed by atoms with Crippen molar-refractivity contribution in [3.05, 3.63) is 65.9 Å². The number of fused-ring (bicyclic) bond motifs is 1. The lowest BCUT2D eigenvalue weighted by Crippen LogP contribution is -2.47. The number of rotatable bonds is 4. The van der Waals surface area contributed by atoms with Gasteiger partial charge in [0.05, 0.1) is 11.5 Å². The quantitative estimate of drug-likeness (QED) is 0.699. The van der Waals surface area contributed by atoms with Crippen molar-refractivity contribution in [1.29, 1.82) is 0 Å². The molecule has 0 bridgehead atoms. The molecular formula is C24H25F3N4O2. The van der Waals surface area contributed by atoms with Gasteiger partial charge >= 0.3 is 6.18 Å². The highest BCUT2D eigenvalue weighted by molar-refractivity contribution is 5.88. The number of aromatic nitrogens is 1. The zero-order valence-electron chi connectivity index (χ0n) is 18.1. The number of piperidine rings is 1. The Morgan fingerprint density at radius 2 is 1.97 bits per heavy atom. The summed E-state index contributed by atoms with van der Waals surface area (Å²) in [7, 11) is 0. The maximum Gasteiger partial charge on any atom is 0.417 e. The minimum absolute atomic E-state index is 0.0463. The molecule has 1 atom stereocenters. The predicted octanol–water partition coefficient (Wildman–Crippen LogP) is 4.15. The number of carbonyl (C=O) groups excluding carboxylic acids is 2. The molecule has 1 saturated heterocycles. The average molecular weight is 458 g/mol. The van der Waals surface area contributed by atoms with Crippen molar-refractivity contribution in [1.82, 2.24) is 14.8 Å². The van der Waals surface area contributed by atoms with E-state index in [4.69, 9.17) is 0 Å². The second kappa shape index (κ2) is 9.25. The van der Waals surface area contributed by atoms with Crippen molar-refractivity contribution < 1.29 is 22.8 Å². The minimum atomic E-state index is -4.43. The van der Waals surface area contributed by atoms with E-state index in [2.05, 4.69) is 16.9 Å². The first kappa shape index (κ1) is 22.8. The average Bonchev–Trinajstić information content (AvgIpc) is 2.82. The van der Waals surface area contributed by atoms with Crippen LogP contribution in [0.5, 0.6) is 0 Å². The van der Waals surface area contributed by atoms with Crippen LogP contribution in [0.3, 0.4) is 0 Å². The topological polar surface area (TPSA) is 65.5 Å². The van der Waals surface area contributed by atoms with Gasteiger partial charge in [-0.05, 0) is 54.7 Å². The molecule has 1 aromatic carbocycles. The molecular weight excluding hydrogens is 433 g/mol. The number of nitrogens with zero attached hydrogens (tertiary/aromatic N) is 3. The van der Waals surface area contributed by atoms with Gasteiger partial charge in [-0.1, -0.05) is 18.7 Å². The number of likely N-dealkylation sites (tertiary alicyclic amines) is 1. The SMILES string of the molecule is C=CC(=O)N1CCCC(C(=O)N2CCc3c(cccc3Nc3ccc(C(F)(F)F)cn3)C2)C1. The monoisotopic (exact) mass is 458 g/mol. The number of amides is 2. The highest BCUT2D eigenvalue weighted by Gasteiger charge is 2.33. The van der Waals surface area contributed by atoms with Crippen LogP contribution in [-0.4, -0.2) is 46.2 Å². The number of hydrogen-bond donors (Lipinski definition) is 1.